The second kappa shape index (κ2) is 8.11. The number of carbonyl (C=O) groups excluding carboxylic acids is 1. The summed E-state index contributed by atoms with van der Waals surface area (Å²) in [5.74, 6) is -0.517. The molecule has 0 spiro atoms. The van der Waals surface area contributed by atoms with Gasteiger partial charge in [0.1, 0.15) is 13.1 Å². The Morgan fingerprint density at radius 3 is 2.32 bits per heavy atom. The van der Waals surface area contributed by atoms with E-state index in [0.29, 0.717) is 18.7 Å². The Labute approximate surface area is 148 Å². The summed E-state index contributed by atoms with van der Waals surface area (Å²) in [4.78, 5) is 13.8. The predicted octanol–water partition coefficient (Wildman–Crippen LogP) is 1.66. The summed E-state index contributed by atoms with van der Waals surface area (Å²) in [5.41, 5.74) is 0.798. The van der Waals surface area contributed by atoms with Crippen LogP contribution in [0.4, 0.5) is 0 Å². The first-order chi connectivity index (χ1) is 11.9. The van der Waals surface area contributed by atoms with Gasteiger partial charge < -0.3 is 4.90 Å². The molecule has 1 saturated heterocycles. The van der Waals surface area contributed by atoms with Gasteiger partial charge in [0.15, 0.2) is 0 Å². The van der Waals surface area contributed by atoms with Gasteiger partial charge >= 0.3 is 0 Å². The molecular formula is C17H20N4O3S. The molecule has 8 heteroatoms. The minimum Gasteiger partial charge on any atom is -0.312 e. The van der Waals surface area contributed by atoms with Crippen molar-refractivity contribution in [3.05, 3.63) is 29.3 Å². The van der Waals surface area contributed by atoms with Crippen molar-refractivity contribution in [3.63, 3.8) is 0 Å². The molecule has 1 aliphatic heterocycles. The van der Waals surface area contributed by atoms with Crippen LogP contribution in [0.5, 0.6) is 0 Å². The van der Waals surface area contributed by atoms with E-state index < -0.39 is 15.9 Å². The maximum Gasteiger partial charge on any atom is 0.255 e. The topological polar surface area (TPSA) is 105 Å². The van der Waals surface area contributed by atoms with Crippen molar-refractivity contribution in [2.24, 2.45) is 0 Å². The molecule has 1 heterocycles. The number of rotatable bonds is 5. The standard InChI is InChI=1S/C17H20N4O3S/c1-14-5-6-15(25(23,24)21-9-3-2-4-10-21)13-16(14)17(22)20(11-7-18)12-8-19/h5-6,13H,2-4,9-12H2,1H3. The number of benzene rings is 1. The molecule has 0 radical (unpaired) electrons. The van der Waals surface area contributed by atoms with Crippen molar-refractivity contribution >= 4 is 15.9 Å². The van der Waals surface area contributed by atoms with E-state index in [9.17, 15) is 13.2 Å². The minimum absolute atomic E-state index is 0.0669. The molecule has 2 rings (SSSR count). The smallest absolute Gasteiger partial charge is 0.255 e. The summed E-state index contributed by atoms with van der Waals surface area (Å²) in [6.45, 7) is 2.20. The van der Waals surface area contributed by atoms with Crippen LogP contribution in [0.25, 0.3) is 0 Å². The summed E-state index contributed by atoms with van der Waals surface area (Å²) < 4.78 is 27.0. The molecule has 1 fully saturated rings. The van der Waals surface area contributed by atoms with E-state index in [1.54, 1.807) is 13.0 Å². The molecule has 1 aromatic carbocycles. The maximum atomic E-state index is 12.8. The Hall–Kier alpha value is -2.42. The predicted molar refractivity (Wildman–Crippen MR) is 90.9 cm³/mol. The number of carbonyl (C=O) groups is 1. The maximum absolute atomic E-state index is 12.8. The van der Waals surface area contributed by atoms with Crippen LogP contribution < -0.4 is 0 Å². The molecular weight excluding hydrogens is 340 g/mol. The quantitative estimate of drug-likeness (QED) is 0.743. The summed E-state index contributed by atoms with van der Waals surface area (Å²) in [6, 6.07) is 8.12. The highest BCUT2D eigenvalue weighted by molar-refractivity contribution is 7.89. The van der Waals surface area contributed by atoms with Crippen molar-refractivity contribution in [1.82, 2.24) is 9.21 Å². The molecule has 0 aromatic heterocycles. The summed E-state index contributed by atoms with van der Waals surface area (Å²) >= 11 is 0. The van der Waals surface area contributed by atoms with Crippen LogP contribution in [0, 0.1) is 29.6 Å². The van der Waals surface area contributed by atoms with Gasteiger partial charge in [0.05, 0.1) is 17.0 Å². The highest BCUT2D eigenvalue weighted by Crippen LogP contribution is 2.23. The first-order valence-electron chi connectivity index (χ1n) is 8.06. The number of amides is 1. The molecule has 1 aliphatic rings. The van der Waals surface area contributed by atoms with Gasteiger partial charge in [-0.05, 0) is 37.5 Å². The lowest BCUT2D eigenvalue weighted by atomic mass is 10.1. The van der Waals surface area contributed by atoms with Crippen molar-refractivity contribution in [1.29, 1.82) is 10.5 Å². The molecule has 0 unspecified atom stereocenters. The van der Waals surface area contributed by atoms with E-state index in [-0.39, 0.29) is 23.5 Å². The zero-order valence-corrected chi connectivity index (χ0v) is 14.9. The Kier molecular flexibility index (Phi) is 6.13. The Morgan fingerprint density at radius 1 is 1.16 bits per heavy atom. The third-order valence-corrected chi connectivity index (χ3v) is 6.10. The fraction of sp³-hybridized carbons (Fsp3) is 0.471. The molecule has 7 nitrogen and oxygen atoms in total. The minimum atomic E-state index is -3.65. The lowest BCUT2D eigenvalue weighted by Crippen LogP contribution is -2.36. The van der Waals surface area contributed by atoms with Gasteiger partial charge in [-0.25, -0.2) is 8.42 Å². The molecule has 1 aromatic rings. The van der Waals surface area contributed by atoms with Gasteiger partial charge in [-0.1, -0.05) is 12.5 Å². The first-order valence-corrected chi connectivity index (χ1v) is 9.50. The van der Waals surface area contributed by atoms with E-state index in [1.165, 1.54) is 16.4 Å². The number of nitriles is 2. The number of hydrogen-bond acceptors (Lipinski definition) is 5. The summed E-state index contributed by atoms with van der Waals surface area (Å²) in [6.07, 6.45) is 2.67. The van der Waals surface area contributed by atoms with Crippen molar-refractivity contribution in [2.75, 3.05) is 26.2 Å². The van der Waals surface area contributed by atoms with Gasteiger partial charge in [-0.3, -0.25) is 4.79 Å². The fourth-order valence-electron chi connectivity index (χ4n) is 2.79. The molecule has 25 heavy (non-hydrogen) atoms. The van der Waals surface area contributed by atoms with Crippen LogP contribution in [0.1, 0.15) is 35.2 Å². The van der Waals surface area contributed by atoms with Crippen molar-refractivity contribution in [2.45, 2.75) is 31.1 Å². The van der Waals surface area contributed by atoms with Crippen LogP contribution in [0.15, 0.2) is 23.1 Å². The molecule has 0 bridgehead atoms. The van der Waals surface area contributed by atoms with Crippen molar-refractivity contribution in [3.8, 4) is 12.1 Å². The number of aryl methyl sites for hydroxylation is 1. The second-order valence-corrected chi connectivity index (χ2v) is 7.86. The van der Waals surface area contributed by atoms with E-state index in [4.69, 9.17) is 10.5 Å². The fourth-order valence-corrected chi connectivity index (χ4v) is 4.33. The number of sulfonamides is 1. The number of hydrogen-bond donors (Lipinski definition) is 0. The lowest BCUT2D eigenvalue weighted by molar-refractivity contribution is 0.0793. The highest BCUT2D eigenvalue weighted by Gasteiger charge is 2.27. The summed E-state index contributed by atoms with van der Waals surface area (Å²) in [5, 5.41) is 17.7. The van der Waals surface area contributed by atoms with Gasteiger partial charge in [0, 0.05) is 18.7 Å². The zero-order chi connectivity index (χ0) is 18.4. The Balaban J connectivity index is 2.38. The van der Waals surface area contributed by atoms with Crippen LogP contribution in [-0.2, 0) is 10.0 Å². The average Bonchev–Trinajstić information content (AvgIpc) is 2.62. The third kappa shape index (κ3) is 4.16. The number of piperidine rings is 1. The molecule has 132 valence electrons. The highest BCUT2D eigenvalue weighted by atomic mass is 32.2. The SMILES string of the molecule is Cc1ccc(S(=O)(=O)N2CCCCC2)cc1C(=O)N(CC#N)CC#N. The lowest BCUT2D eigenvalue weighted by Gasteiger charge is -2.26. The van der Waals surface area contributed by atoms with Crippen LogP contribution >= 0.6 is 0 Å². The van der Waals surface area contributed by atoms with Gasteiger partial charge in [-0.15, -0.1) is 0 Å². The van der Waals surface area contributed by atoms with E-state index >= 15 is 0 Å². The van der Waals surface area contributed by atoms with Gasteiger partial charge in [0.2, 0.25) is 10.0 Å². The number of nitrogens with zero attached hydrogens (tertiary/aromatic N) is 4. The van der Waals surface area contributed by atoms with Crippen LogP contribution in [-0.4, -0.2) is 49.7 Å². The Bertz CT molecular complexity index is 814. The molecule has 0 N–H and O–H groups in total. The zero-order valence-electron chi connectivity index (χ0n) is 14.1. The summed E-state index contributed by atoms with van der Waals surface area (Å²) in [7, 11) is -3.65. The molecule has 0 atom stereocenters. The molecule has 0 saturated carbocycles. The normalized spacial score (nSPS) is 15.2. The van der Waals surface area contributed by atoms with Crippen LogP contribution in [0.2, 0.25) is 0 Å². The van der Waals surface area contributed by atoms with Crippen LogP contribution in [0.3, 0.4) is 0 Å². The monoisotopic (exact) mass is 360 g/mol. The Morgan fingerprint density at radius 2 is 1.76 bits per heavy atom. The molecule has 0 aliphatic carbocycles. The van der Waals surface area contributed by atoms with Gasteiger partial charge in [0.25, 0.3) is 5.91 Å². The second-order valence-electron chi connectivity index (χ2n) is 5.92. The van der Waals surface area contributed by atoms with Crippen molar-refractivity contribution < 1.29 is 13.2 Å². The largest absolute Gasteiger partial charge is 0.312 e. The first kappa shape index (κ1) is 18.9. The van der Waals surface area contributed by atoms with E-state index in [2.05, 4.69) is 0 Å². The average molecular weight is 360 g/mol. The van der Waals surface area contributed by atoms with E-state index in [0.717, 1.165) is 24.2 Å². The van der Waals surface area contributed by atoms with E-state index in [1.807, 2.05) is 12.1 Å². The molecule has 1 amide bonds. The van der Waals surface area contributed by atoms with Gasteiger partial charge in [-0.2, -0.15) is 14.8 Å². The third-order valence-electron chi connectivity index (χ3n) is 4.20.